The van der Waals surface area contributed by atoms with Crippen LogP contribution >= 0.6 is 0 Å². The highest BCUT2D eigenvalue weighted by Crippen LogP contribution is 2.26. The van der Waals surface area contributed by atoms with Crippen molar-refractivity contribution in [3.8, 4) is 0 Å². The monoisotopic (exact) mass is 282 g/mol. The van der Waals surface area contributed by atoms with Gasteiger partial charge in [0.25, 0.3) is 5.91 Å². The molecule has 0 saturated heterocycles. The van der Waals surface area contributed by atoms with E-state index >= 15 is 0 Å². The second kappa shape index (κ2) is 5.12. The number of sulfonamides is 1. The van der Waals surface area contributed by atoms with Crippen molar-refractivity contribution < 1.29 is 18.4 Å². The standard InChI is InChI=1S/C12H14N2O4S/c1-19(17,18)14-7-10-4-2-9(6-11(10)8-14)3-5-12(15)13-16/h2-6,16H,7-8H2,1H3,(H,13,15)/b5-3+. The molecule has 2 rings (SSSR count). The van der Waals surface area contributed by atoms with Crippen LogP contribution in [0.2, 0.25) is 0 Å². The van der Waals surface area contributed by atoms with E-state index in [1.54, 1.807) is 12.1 Å². The van der Waals surface area contributed by atoms with Crippen LogP contribution in [0.5, 0.6) is 0 Å². The number of hydrogen-bond donors (Lipinski definition) is 2. The zero-order valence-electron chi connectivity index (χ0n) is 10.3. The normalized spacial score (nSPS) is 15.7. The highest BCUT2D eigenvalue weighted by atomic mass is 32.2. The van der Waals surface area contributed by atoms with Crippen LogP contribution in [-0.2, 0) is 27.9 Å². The number of nitrogens with zero attached hydrogens (tertiary/aromatic N) is 1. The molecule has 1 aromatic carbocycles. The van der Waals surface area contributed by atoms with Crippen molar-refractivity contribution in [3.63, 3.8) is 0 Å². The Bertz CT molecular complexity index is 637. The SMILES string of the molecule is CS(=O)(=O)N1Cc2ccc(/C=C/C(=O)NO)cc2C1. The molecule has 0 unspecified atom stereocenters. The van der Waals surface area contributed by atoms with Crippen LogP contribution in [0, 0.1) is 0 Å². The van der Waals surface area contributed by atoms with Crippen LogP contribution in [0.4, 0.5) is 0 Å². The first kappa shape index (κ1) is 13.7. The summed E-state index contributed by atoms with van der Waals surface area (Å²) in [5.41, 5.74) is 4.17. The van der Waals surface area contributed by atoms with Gasteiger partial charge in [0.1, 0.15) is 0 Å². The Morgan fingerprint density at radius 1 is 1.37 bits per heavy atom. The van der Waals surface area contributed by atoms with Gasteiger partial charge in [-0.1, -0.05) is 18.2 Å². The Morgan fingerprint density at radius 2 is 2.05 bits per heavy atom. The Hall–Kier alpha value is -1.70. The zero-order chi connectivity index (χ0) is 14.0. The molecular formula is C12H14N2O4S. The maximum Gasteiger partial charge on any atom is 0.267 e. The van der Waals surface area contributed by atoms with Crippen LogP contribution in [-0.4, -0.2) is 30.1 Å². The second-order valence-corrected chi connectivity index (χ2v) is 6.35. The van der Waals surface area contributed by atoms with E-state index in [1.807, 2.05) is 12.1 Å². The summed E-state index contributed by atoms with van der Waals surface area (Å²) in [6.45, 7) is 0.733. The lowest BCUT2D eigenvalue weighted by atomic mass is 10.1. The van der Waals surface area contributed by atoms with E-state index in [9.17, 15) is 13.2 Å². The molecular weight excluding hydrogens is 268 g/mol. The topological polar surface area (TPSA) is 86.7 Å². The summed E-state index contributed by atoms with van der Waals surface area (Å²) in [6, 6.07) is 5.48. The van der Waals surface area contributed by atoms with E-state index in [4.69, 9.17) is 5.21 Å². The summed E-state index contributed by atoms with van der Waals surface area (Å²) in [4.78, 5) is 10.9. The smallest absolute Gasteiger partial charge is 0.267 e. The Kier molecular flexibility index (Phi) is 3.70. The molecule has 2 N–H and O–H groups in total. The molecule has 0 atom stereocenters. The average Bonchev–Trinajstić information content (AvgIpc) is 2.78. The predicted molar refractivity (Wildman–Crippen MR) is 69.5 cm³/mol. The van der Waals surface area contributed by atoms with Crippen molar-refractivity contribution in [2.75, 3.05) is 6.26 Å². The fourth-order valence-electron chi connectivity index (χ4n) is 1.93. The van der Waals surface area contributed by atoms with Crippen LogP contribution in [0.3, 0.4) is 0 Å². The van der Waals surface area contributed by atoms with E-state index in [2.05, 4.69) is 0 Å². The van der Waals surface area contributed by atoms with Gasteiger partial charge in [0, 0.05) is 19.2 Å². The number of benzene rings is 1. The van der Waals surface area contributed by atoms with Gasteiger partial charge < -0.3 is 0 Å². The van der Waals surface area contributed by atoms with Gasteiger partial charge in [-0.25, -0.2) is 13.9 Å². The third kappa shape index (κ3) is 3.19. The van der Waals surface area contributed by atoms with Gasteiger partial charge in [-0.05, 0) is 22.8 Å². The highest BCUT2D eigenvalue weighted by molar-refractivity contribution is 7.88. The van der Waals surface area contributed by atoms with Crippen molar-refractivity contribution in [1.29, 1.82) is 0 Å². The molecule has 19 heavy (non-hydrogen) atoms. The van der Waals surface area contributed by atoms with Crippen molar-refractivity contribution in [1.82, 2.24) is 9.79 Å². The molecule has 7 heteroatoms. The molecule has 6 nitrogen and oxygen atoms in total. The summed E-state index contributed by atoms with van der Waals surface area (Å²) in [6.07, 6.45) is 3.94. The van der Waals surface area contributed by atoms with E-state index < -0.39 is 15.9 Å². The van der Waals surface area contributed by atoms with Crippen LogP contribution in [0.25, 0.3) is 6.08 Å². The first-order valence-electron chi connectivity index (χ1n) is 5.59. The number of carbonyl (C=O) groups is 1. The van der Waals surface area contributed by atoms with Crippen LogP contribution in [0.15, 0.2) is 24.3 Å². The number of hydroxylamine groups is 1. The Labute approximate surface area is 111 Å². The van der Waals surface area contributed by atoms with E-state index in [0.29, 0.717) is 13.1 Å². The molecule has 0 spiro atoms. The molecule has 102 valence electrons. The number of amides is 1. The van der Waals surface area contributed by atoms with E-state index in [-0.39, 0.29) is 0 Å². The lowest BCUT2D eigenvalue weighted by molar-refractivity contribution is -0.124. The highest BCUT2D eigenvalue weighted by Gasteiger charge is 2.25. The minimum Gasteiger partial charge on any atom is -0.288 e. The molecule has 1 aliphatic heterocycles. The number of hydrogen-bond acceptors (Lipinski definition) is 4. The molecule has 1 heterocycles. The van der Waals surface area contributed by atoms with Gasteiger partial charge in [-0.2, -0.15) is 4.31 Å². The maximum atomic E-state index is 11.5. The van der Waals surface area contributed by atoms with Gasteiger partial charge in [0.2, 0.25) is 10.0 Å². The number of nitrogens with one attached hydrogen (secondary N) is 1. The maximum absolute atomic E-state index is 11.5. The molecule has 1 amide bonds. The summed E-state index contributed by atoms with van der Waals surface area (Å²) >= 11 is 0. The van der Waals surface area contributed by atoms with Gasteiger partial charge in [-0.3, -0.25) is 10.0 Å². The van der Waals surface area contributed by atoms with Gasteiger partial charge in [-0.15, -0.1) is 0 Å². The number of fused-ring (bicyclic) bond motifs is 1. The summed E-state index contributed by atoms with van der Waals surface area (Å²) in [5, 5.41) is 8.37. The summed E-state index contributed by atoms with van der Waals surface area (Å²) in [7, 11) is -3.19. The van der Waals surface area contributed by atoms with Gasteiger partial charge in [0.15, 0.2) is 0 Å². The van der Waals surface area contributed by atoms with Gasteiger partial charge >= 0.3 is 0 Å². The average molecular weight is 282 g/mol. The summed E-state index contributed by atoms with van der Waals surface area (Å²) < 4.78 is 24.3. The largest absolute Gasteiger partial charge is 0.288 e. The van der Waals surface area contributed by atoms with E-state index in [0.717, 1.165) is 16.7 Å². The molecule has 1 aliphatic rings. The molecule has 0 saturated carbocycles. The minimum absolute atomic E-state index is 0.349. The predicted octanol–water partition coefficient (Wildman–Crippen LogP) is 0.480. The van der Waals surface area contributed by atoms with E-state index in [1.165, 1.54) is 22.1 Å². The molecule has 0 radical (unpaired) electrons. The molecule has 1 aromatic rings. The van der Waals surface area contributed by atoms with Crippen molar-refractivity contribution in [3.05, 3.63) is 41.0 Å². The molecule has 0 bridgehead atoms. The van der Waals surface area contributed by atoms with Crippen molar-refractivity contribution >= 4 is 22.0 Å². The minimum atomic E-state index is -3.19. The molecule has 0 aliphatic carbocycles. The number of rotatable bonds is 3. The third-order valence-corrected chi connectivity index (χ3v) is 4.13. The zero-order valence-corrected chi connectivity index (χ0v) is 11.1. The lowest BCUT2D eigenvalue weighted by Gasteiger charge is -2.10. The molecule has 0 fully saturated rings. The Morgan fingerprint density at radius 3 is 2.68 bits per heavy atom. The summed E-state index contributed by atoms with van der Waals surface area (Å²) in [5.74, 6) is -0.613. The third-order valence-electron chi connectivity index (χ3n) is 2.93. The van der Waals surface area contributed by atoms with Crippen LogP contribution < -0.4 is 5.48 Å². The fourth-order valence-corrected chi connectivity index (χ4v) is 2.68. The first-order chi connectivity index (χ1) is 8.90. The fraction of sp³-hybridized carbons (Fsp3) is 0.250. The van der Waals surface area contributed by atoms with Gasteiger partial charge in [0.05, 0.1) is 6.26 Å². The van der Waals surface area contributed by atoms with Crippen molar-refractivity contribution in [2.45, 2.75) is 13.1 Å². The van der Waals surface area contributed by atoms with Crippen molar-refractivity contribution in [2.24, 2.45) is 0 Å². The second-order valence-electron chi connectivity index (χ2n) is 4.37. The Balaban J connectivity index is 2.20. The van der Waals surface area contributed by atoms with Crippen LogP contribution in [0.1, 0.15) is 16.7 Å². The quantitative estimate of drug-likeness (QED) is 0.479. The number of carbonyl (C=O) groups excluding carboxylic acids is 1. The first-order valence-corrected chi connectivity index (χ1v) is 7.44. The molecule has 0 aromatic heterocycles. The lowest BCUT2D eigenvalue weighted by Crippen LogP contribution is -2.23.